The fraction of sp³-hybridized carbons (Fsp3) is 0.692. The number of nitrogens with two attached hydrogens (primary N) is 1. The normalized spacial score (nSPS) is 39.4. The number of aliphatic hydroxyl groups is 1. The van der Waals surface area contributed by atoms with Gasteiger partial charge in [0.2, 0.25) is 5.78 Å². The van der Waals surface area contributed by atoms with Gasteiger partial charge < -0.3 is 15.6 Å². The number of fused-ring (bicyclic) bond motifs is 5. The minimum Gasteiger partial charge on any atom is -0.458 e. The Kier molecular flexibility index (Phi) is 6.25. The molecule has 3 fully saturated rings. The Morgan fingerprint density at radius 3 is 2.70 bits per heavy atom. The molecule has 6 atom stereocenters. The van der Waals surface area contributed by atoms with E-state index in [0.717, 1.165) is 18.4 Å². The van der Waals surface area contributed by atoms with Crippen molar-refractivity contribution in [2.75, 3.05) is 13.2 Å². The molecular weight excluding hydrogens is 422 g/mol. The van der Waals surface area contributed by atoms with Crippen LogP contribution in [0.1, 0.15) is 65.2 Å². The van der Waals surface area contributed by atoms with Crippen molar-refractivity contribution in [2.24, 2.45) is 34.3 Å². The lowest BCUT2D eigenvalue weighted by atomic mass is 9.46. The molecule has 0 aromatic rings. The fourth-order valence-electron chi connectivity index (χ4n) is 7.24. The van der Waals surface area contributed by atoms with E-state index in [1.165, 1.54) is 0 Å². The molecule has 4 aliphatic rings. The summed E-state index contributed by atoms with van der Waals surface area (Å²) >= 11 is 0. The third-order valence-electron chi connectivity index (χ3n) is 9.07. The molecule has 0 spiro atoms. The summed E-state index contributed by atoms with van der Waals surface area (Å²) in [6.07, 6.45) is 9.13. The highest BCUT2D eigenvalue weighted by atomic mass is 16.5. The molecule has 0 aromatic heterocycles. The molecule has 3 N–H and O–H groups in total. The highest BCUT2D eigenvalue weighted by Gasteiger charge is 2.68. The van der Waals surface area contributed by atoms with Crippen molar-refractivity contribution in [3.8, 4) is 0 Å². The van der Waals surface area contributed by atoms with Gasteiger partial charge in [0.05, 0.1) is 0 Å². The summed E-state index contributed by atoms with van der Waals surface area (Å²) in [5.74, 6) is -1.19. The summed E-state index contributed by atoms with van der Waals surface area (Å²) in [6, 6.07) is 0. The highest BCUT2D eigenvalue weighted by molar-refractivity contribution is 6.02. The molecule has 0 unspecified atom stereocenters. The average molecular weight is 458 g/mol. The lowest BCUT2D eigenvalue weighted by Gasteiger charge is -2.56. The first-order valence-corrected chi connectivity index (χ1v) is 12.1. The van der Waals surface area contributed by atoms with Crippen LogP contribution >= 0.6 is 0 Å². The summed E-state index contributed by atoms with van der Waals surface area (Å²) in [4.78, 5) is 50.6. The van der Waals surface area contributed by atoms with Crippen LogP contribution in [-0.2, 0) is 23.9 Å². The first kappa shape index (κ1) is 24.0. The SMILES string of the molecule is C[C@]12C=CC(=O)C=C1CC[C@@H]1[C@@H]2C(=O)C[C@@]2(C)[C@H]1CC[C@]2(O)C(=O)COC(=O)CCCCN. The van der Waals surface area contributed by atoms with Crippen molar-refractivity contribution < 1.29 is 29.0 Å². The van der Waals surface area contributed by atoms with E-state index in [4.69, 9.17) is 10.5 Å². The minimum absolute atomic E-state index is 0.0128. The van der Waals surface area contributed by atoms with Crippen LogP contribution in [0.2, 0.25) is 0 Å². The van der Waals surface area contributed by atoms with Crippen LogP contribution < -0.4 is 5.73 Å². The van der Waals surface area contributed by atoms with Gasteiger partial charge in [0.15, 0.2) is 12.4 Å². The van der Waals surface area contributed by atoms with Crippen molar-refractivity contribution in [1.82, 2.24) is 0 Å². The Labute approximate surface area is 194 Å². The Bertz CT molecular complexity index is 937. The second kappa shape index (κ2) is 8.58. The molecule has 0 bridgehead atoms. The predicted molar refractivity (Wildman–Crippen MR) is 121 cm³/mol. The number of carbonyl (C=O) groups excluding carboxylic acids is 4. The third-order valence-corrected chi connectivity index (χ3v) is 9.07. The average Bonchev–Trinajstić information content (AvgIpc) is 3.03. The summed E-state index contributed by atoms with van der Waals surface area (Å²) in [5, 5.41) is 11.6. The number of Topliss-reactive ketones (excluding diaryl/α,β-unsaturated/α-hetero) is 2. The standard InChI is InChI=1S/C26H35NO6/c1-24-10-8-17(28)13-16(24)6-7-18-19-9-11-26(32,25(19,2)14-20(29)23(18)24)21(30)15-33-22(31)5-3-4-12-27/h8,10,13,18-19,23,32H,3-7,9,11-12,14-15,27H2,1-2H3/t18-,19-,23+,24-,25-,26-/m0/s1. The van der Waals surface area contributed by atoms with Gasteiger partial charge in [0.1, 0.15) is 11.4 Å². The van der Waals surface area contributed by atoms with Crippen molar-refractivity contribution in [2.45, 2.75) is 70.8 Å². The number of carbonyl (C=O) groups is 4. The molecule has 0 radical (unpaired) electrons. The van der Waals surface area contributed by atoms with Gasteiger partial charge in [-0.25, -0.2) is 0 Å². The number of ketones is 3. The topological polar surface area (TPSA) is 124 Å². The Balaban J connectivity index is 1.52. The van der Waals surface area contributed by atoms with Crippen molar-refractivity contribution in [3.05, 3.63) is 23.8 Å². The smallest absolute Gasteiger partial charge is 0.306 e. The lowest BCUT2D eigenvalue weighted by Crippen LogP contribution is -2.60. The van der Waals surface area contributed by atoms with Crippen LogP contribution in [0, 0.1) is 28.6 Å². The quantitative estimate of drug-likeness (QED) is 0.444. The van der Waals surface area contributed by atoms with Gasteiger partial charge in [0, 0.05) is 29.6 Å². The second-order valence-corrected chi connectivity index (χ2v) is 10.8. The molecule has 4 aliphatic carbocycles. The largest absolute Gasteiger partial charge is 0.458 e. The van der Waals surface area contributed by atoms with Crippen LogP contribution in [0.15, 0.2) is 23.8 Å². The van der Waals surface area contributed by atoms with Crippen LogP contribution in [0.3, 0.4) is 0 Å². The molecular formula is C26H35NO6. The molecule has 0 amide bonds. The van der Waals surface area contributed by atoms with Gasteiger partial charge in [0.25, 0.3) is 0 Å². The zero-order valence-electron chi connectivity index (χ0n) is 19.6. The summed E-state index contributed by atoms with van der Waals surface area (Å²) in [5.41, 5.74) is 3.38. The first-order valence-electron chi connectivity index (χ1n) is 12.1. The monoisotopic (exact) mass is 457 g/mol. The number of hydrogen-bond acceptors (Lipinski definition) is 7. The second-order valence-electron chi connectivity index (χ2n) is 10.8. The van der Waals surface area contributed by atoms with Crippen molar-refractivity contribution in [3.63, 3.8) is 0 Å². The molecule has 0 heterocycles. The third kappa shape index (κ3) is 3.73. The van der Waals surface area contributed by atoms with Crippen molar-refractivity contribution >= 4 is 23.3 Å². The molecule has 3 saturated carbocycles. The number of hydrogen-bond donors (Lipinski definition) is 2. The summed E-state index contributed by atoms with van der Waals surface area (Å²) in [6.45, 7) is 3.91. The maximum absolute atomic E-state index is 13.6. The number of ether oxygens (including phenoxy) is 1. The molecule has 0 saturated heterocycles. The van der Waals surface area contributed by atoms with Gasteiger partial charge in [-0.05, 0) is 69.1 Å². The first-order chi connectivity index (χ1) is 15.6. The van der Waals surface area contributed by atoms with E-state index in [-0.39, 0.29) is 48.6 Å². The number of allylic oxidation sites excluding steroid dienone is 4. The maximum Gasteiger partial charge on any atom is 0.306 e. The minimum atomic E-state index is -1.69. The van der Waals surface area contributed by atoms with Gasteiger partial charge in [-0.2, -0.15) is 0 Å². The number of unbranched alkanes of at least 4 members (excludes halogenated alkanes) is 1. The molecule has 4 rings (SSSR count). The molecule has 33 heavy (non-hydrogen) atoms. The number of esters is 1. The lowest BCUT2D eigenvalue weighted by molar-refractivity contribution is -0.172. The van der Waals surface area contributed by atoms with E-state index < -0.39 is 34.8 Å². The maximum atomic E-state index is 13.6. The van der Waals surface area contributed by atoms with Gasteiger partial charge in [-0.1, -0.05) is 25.5 Å². The summed E-state index contributed by atoms with van der Waals surface area (Å²) < 4.78 is 5.16. The van der Waals surface area contributed by atoms with Crippen LogP contribution in [-0.4, -0.2) is 47.2 Å². The predicted octanol–water partition coefficient (Wildman–Crippen LogP) is 2.45. The van der Waals surface area contributed by atoms with Crippen LogP contribution in [0.4, 0.5) is 0 Å². The van der Waals surface area contributed by atoms with Gasteiger partial charge in [-0.3, -0.25) is 19.2 Å². The molecule has 7 nitrogen and oxygen atoms in total. The van der Waals surface area contributed by atoms with E-state index >= 15 is 0 Å². The number of rotatable bonds is 7. The molecule has 180 valence electrons. The van der Waals surface area contributed by atoms with Gasteiger partial charge in [-0.15, -0.1) is 0 Å². The Hall–Kier alpha value is -2.12. The zero-order valence-corrected chi connectivity index (χ0v) is 19.6. The van der Waals surface area contributed by atoms with E-state index in [1.807, 2.05) is 19.9 Å². The summed E-state index contributed by atoms with van der Waals surface area (Å²) in [7, 11) is 0. The van der Waals surface area contributed by atoms with Crippen molar-refractivity contribution in [1.29, 1.82) is 0 Å². The highest BCUT2D eigenvalue weighted by Crippen LogP contribution is 2.66. The van der Waals surface area contributed by atoms with Crippen LogP contribution in [0.5, 0.6) is 0 Å². The van der Waals surface area contributed by atoms with Gasteiger partial charge >= 0.3 is 5.97 Å². The van der Waals surface area contributed by atoms with E-state index in [1.54, 1.807) is 12.2 Å². The Morgan fingerprint density at radius 2 is 1.97 bits per heavy atom. The molecule has 0 aliphatic heterocycles. The van der Waals surface area contributed by atoms with Crippen LogP contribution in [0.25, 0.3) is 0 Å². The van der Waals surface area contributed by atoms with E-state index in [0.29, 0.717) is 25.8 Å². The fourth-order valence-corrected chi connectivity index (χ4v) is 7.24. The van der Waals surface area contributed by atoms with E-state index in [2.05, 4.69) is 0 Å². The molecule has 0 aromatic carbocycles. The van der Waals surface area contributed by atoms with E-state index in [9.17, 15) is 24.3 Å². The molecule has 7 heteroatoms. The Morgan fingerprint density at radius 1 is 1.21 bits per heavy atom. The zero-order chi connectivity index (χ0) is 24.0.